The van der Waals surface area contributed by atoms with Crippen molar-refractivity contribution in [3.05, 3.63) is 48.5 Å². The van der Waals surface area contributed by atoms with Gasteiger partial charge in [0.2, 0.25) is 0 Å². The summed E-state index contributed by atoms with van der Waals surface area (Å²) in [6.45, 7) is 3.95. The third-order valence-corrected chi connectivity index (χ3v) is 5.94. The van der Waals surface area contributed by atoms with Crippen LogP contribution in [0.1, 0.15) is 18.5 Å². The van der Waals surface area contributed by atoms with Crippen molar-refractivity contribution in [2.24, 2.45) is 0 Å². The van der Waals surface area contributed by atoms with Gasteiger partial charge >= 0.3 is 12.1 Å². The fourth-order valence-corrected chi connectivity index (χ4v) is 4.13. The minimum atomic E-state index is -0.487. The van der Waals surface area contributed by atoms with E-state index in [9.17, 15) is 9.59 Å². The normalized spacial score (nSPS) is 16.7. The van der Waals surface area contributed by atoms with E-state index < -0.39 is 6.03 Å². The molecule has 0 atom stereocenters. The van der Waals surface area contributed by atoms with E-state index in [0.29, 0.717) is 49.3 Å². The highest BCUT2D eigenvalue weighted by Gasteiger charge is 2.37. The van der Waals surface area contributed by atoms with Gasteiger partial charge in [0, 0.05) is 56.4 Å². The summed E-state index contributed by atoms with van der Waals surface area (Å²) in [5.41, 5.74) is 2.17. The Labute approximate surface area is 196 Å². The van der Waals surface area contributed by atoms with Crippen molar-refractivity contribution in [1.82, 2.24) is 30.0 Å². The summed E-state index contributed by atoms with van der Waals surface area (Å²) in [6, 6.07) is 6.31. The van der Waals surface area contributed by atoms with E-state index in [1.807, 2.05) is 6.07 Å². The predicted molar refractivity (Wildman–Crippen MR) is 123 cm³/mol. The van der Waals surface area contributed by atoms with E-state index in [4.69, 9.17) is 9.47 Å². The lowest BCUT2D eigenvalue weighted by molar-refractivity contribution is 0.0510. The van der Waals surface area contributed by atoms with Gasteiger partial charge in [0.1, 0.15) is 17.3 Å². The second-order valence-electron chi connectivity index (χ2n) is 8.15. The monoisotopic (exact) mass is 463 g/mol. The smallest absolute Gasteiger partial charge is 0.331 e. The number of pyridine rings is 2. The highest BCUT2D eigenvalue weighted by Crippen LogP contribution is 2.28. The number of urea groups is 2. The first-order valence-corrected chi connectivity index (χ1v) is 11.2. The molecule has 2 aliphatic heterocycles. The van der Waals surface area contributed by atoms with Gasteiger partial charge in [0.05, 0.1) is 17.6 Å². The van der Waals surface area contributed by atoms with E-state index >= 15 is 0 Å². The van der Waals surface area contributed by atoms with Gasteiger partial charge in [0.25, 0.3) is 0 Å². The van der Waals surface area contributed by atoms with E-state index in [0.717, 1.165) is 24.1 Å². The minimum Gasteiger partial charge on any atom is -0.455 e. The first kappa shape index (κ1) is 21.8. The van der Waals surface area contributed by atoms with Gasteiger partial charge in [0.15, 0.2) is 0 Å². The van der Waals surface area contributed by atoms with Crippen molar-refractivity contribution >= 4 is 17.9 Å². The van der Waals surface area contributed by atoms with E-state index in [-0.39, 0.29) is 12.1 Å². The molecule has 34 heavy (non-hydrogen) atoms. The molecule has 0 saturated carbocycles. The number of aromatic amines is 1. The van der Waals surface area contributed by atoms with Crippen LogP contribution < -0.4 is 10.1 Å². The average Bonchev–Trinajstić information content (AvgIpc) is 3.52. The van der Waals surface area contributed by atoms with Crippen LogP contribution in [-0.4, -0.2) is 74.4 Å². The molecule has 2 fully saturated rings. The van der Waals surface area contributed by atoms with Crippen molar-refractivity contribution in [2.75, 3.05) is 31.6 Å². The third kappa shape index (κ3) is 4.55. The van der Waals surface area contributed by atoms with Gasteiger partial charge in [-0.2, -0.15) is 5.10 Å². The molecule has 11 nitrogen and oxygen atoms in total. The number of rotatable bonds is 5. The topological polar surface area (TPSA) is 126 Å². The molecule has 3 aromatic heterocycles. The summed E-state index contributed by atoms with van der Waals surface area (Å²) >= 11 is 0. The van der Waals surface area contributed by atoms with Crippen molar-refractivity contribution in [3.8, 4) is 22.8 Å². The Morgan fingerprint density at radius 1 is 1.24 bits per heavy atom. The number of H-pyrrole nitrogens is 1. The van der Waals surface area contributed by atoms with Gasteiger partial charge in [-0.25, -0.2) is 19.5 Å². The van der Waals surface area contributed by atoms with Crippen molar-refractivity contribution in [1.29, 1.82) is 0 Å². The van der Waals surface area contributed by atoms with Crippen LogP contribution in [0.25, 0.3) is 11.3 Å². The Morgan fingerprint density at radius 2 is 2.09 bits per heavy atom. The third-order valence-electron chi connectivity index (χ3n) is 5.94. The maximum Gasteiger partial charge on any atom is 0.331 e. The fraction of sp³-hybridized carbons (Fsp3) is 0.348. The number of anilines is 1. The van der Waals surface area contributed by atoms with Gasteiger partial charge in [-0.05, 0) is 38.0 Å². The molecule has 5 heterocycles. The zero-order valence-electron chi connectivity index (χ0n) is 18.7. The molecule has 3 aromatic rings. The molecule has 0 aliphatic carbocycles. The quantitative estimate of drug-likeness (QED) is 0.594. The number of nitrogens with one attached hydrogen (secondary N) is 2. The molecule has 0 bridgehead atoms. The molecular formula is C23H25N7O4. The Hall–Kier alpha value is -3.99. The average molecular weight is 463 g/mol. The number of hydrogen-bond donors (Lipinski definition) is 2. The minimum absolute atomic E-state index is 0.123. The standard InChI is InChI=1S/C23H25N7O4/c1-15-20(34-18-4-7-24-19(12-18)16-13-25-26-14-16)2-3-21(27-15)28-22(31)30-9-8-29(23(30)32)17-5-10-33-11-6-17/h2-4,7,12-14,17H,5-6,8-11H2,1H3,(H,25,26)(H,27,28,31). The molecule has 0 aromatic carbocycles. The molecule has 0 radical (unpaired) electrons. The maximum absolute atomic E-state index is 12.8. The first-order valence-electron chi connectivity index (χ1n) is 11.2. The van der Waals surface area contributed by atoms with Crippen LogP contribution in [0.15, 0.2) is 42.9 Å². The van der Waals surface area contributed by atoms with E-state index in [1.54, 1.807) is 48.6 Å². The molecule has 11 heteroatoms. The summed E-state index contributed by atoms with van der Waals surface area (Å²) < 4.78 is 11.4. The van der Waals surface area contributed by atoms with Crippen LogP contribution >= 0.6 is 0 Å². The molecule has 0 spiro atoms. The first-order chi connectivity index (χ1) is 16.6. The number of aromatic nitrogens is 4. The lowest BCUT2D eigenvalue weighted by Gasteiger charge is -2.30. The predicted octanol–water partition coefficient (Wildman–Crippen LogP) is 3.42. The molecule has 0 unspecified atom stereocenters. The summed E-state index contributed by atoms with van der Waals surface area (Å²) in [7, 11) is 0. The van der Waals surface area contributed by atoms with Gasteiger partial charge in [-0.15, -0.1) is 0 Å². The zero-order valence-corrected chi connectivity index (χ0v) is 18.7. The highest BCUT2D eigenvalue weighted by molar-refractivity contribution is 6.01. The Bertz CT molecular complexity index is 1180. The summed E-state index contributed by atoms with van der Waals surface area (Å²) in [5, 5.41) is 9.43. The SMILES string of the molecule is Cc1nc(NC(=O)N2CCN(C3CCOCC3)C2=O)ccc1Oc1ccnc(-c2cn[nH]c2)c1. The summed E-state index contributed by atoms with van der Waals surface area (Å²) in [4.78, 5) is 37.3. The lowest BCUT2D eigenvalue weighted by Crippen LogP contribution is -2.44. The second kappa shape index (κ2) is 9.48. The van der Waals surface area contributed by atoms with E-state index in [1.165, 1.54) is 4.90 Å². The van der Waals surface area contributed by atoms with Crippen molar-refractivity contribution in [3.63, 3.8) is 0 Å². The molecule has 5 rings (SSSR count). The van der Waals surface area contributed by atoms with Gasteiger partial charge in [-0.1, -0.05) is 0 Å². The molecule has 4 amide bonds. The Kier molecular flexibility index (Phi) is 6.09. The number of hydrogen-bond acceptors (Lipinski definition) is 7. The zero-order chi connectivity index (χ0) is 23.5. The maximum atomic E-state index is 12.8. The molecule has 2 N–H and O–H groups in total. The number of imide groups is 1. The molecule has 2 saturated heterocycles. The number of nitrogens with zero attached hydrogens (tertiary/aromatic N) is 5. The van der Waals surface area contributed by atoms with Gasteiger partial charge < -0.3 is 14.4 Å². The lowest BCUT2D eigenvalue weighted by atomic mass is 10.1. The van der Waals surface area contributed by atoms with Crippen molar-refractivity contribution in [2.45, 2.75) is 25.8 Å². The Morgan fingerprint density at radius 3 is 2.85 bits per heavy atom. The number of aryl methyl sites for hydroxylation is 1. The summed E-state index contributed by atoms with van der Waals surface area (Å²) in [5.74, 6) is 1.50. The number of carbonyl (C=O) groups is 2. The molecule has 2 aliphatic rings. The Balaban J connectivity index is 1.22. The van der Waals surface area contributed by atoms with Crippen LogP contribution in [0.5, 0.6) is 11.5 Å². The second-order valence-corrected chi connectivity index (χ2v) is 8.15. The van der Waals surface area contributed by atoms with Crippen molar-refractivity contribution < 1.29 is 19.1 Å². The number of carbonyl (C=O) groups excluding carboxylic acids is 2. The van der Waals surface area contributed by atoms with Crippen LogP contribution in [0.4, 0.5) is 15.4 Å². The molecular weight excluding hydrogens is 438 g/mol. The van der Waals surface area contributed by atoms with E-state index in [2.05, 4.69) is 25.5 Å². The van der Waals surface area contributed by atoms with Gasteiger partial charge in [-0.3, -0.25) is 15.4 Å². The highest BCUT2D eigenvalue weighted by atomic mass is 16.5. The largest absolute Gasteiger partial charge is 0.455 e. The van der Waals surface area contributed by atoms with Crippen LogP contribution in [0.2, 0.25) is 0 Å². The molecule has 176 valence electrons. The summed E-state index contributed by atoms with van der Waals surface area (Å²) in [6.07, 6.45) is 6.69. The number of ether oxygens (including phenoxy) is 2. The van der Waals surface area contributed by atoms with Crippen LogP contribution in [0, 0.1) is 6.92 Å². The fourth-order valence-electron chi connectivity index (χ4n) is 4.13. The number of amides is 4. The van der Waals surface area contributed by atoms with Crippen LogP contribution in [-0.2, 0) is 4.74 Å². The van der Waals surface area contributed by atoms with Crippen LogP contribution in [0.3, 0.4) is 0 Å².